The summed E-state index contributed by atoms with van der Waals surface area (Å²) < 4.78 is 88.6. The fraction of sp³-hybridized carbons (Fsp3) is 0.231. The van der Waals surface area contributed by atoms with Crippen molar-refractivity contribution in [2.45, 2.75) is 30.2 Å². The highest BCUT2D eigenvalue weighted by molar-refractivity contribution is 7.90. The molecule has 0 saturated heterocycles. The van der Waals surface area contributed by atoms with Crippen LogP contribution in [0, 0.1) is 0 Å². The molecule has 0 radical (unpaired) electrons. The average Bonchev–Trinajstić information content (AvgIpc) is 3.42. The number of aliphatic hydroxyl groups excluding tert-OH is 1. The first-order chi connectivity index (χ1) is 18.9. The monoisotopic (exact) mass is 579 g/mol. The smallest absolute Gasteiger partial charge is 0.395 e. The van der Waals surface area contributed by atoms with Gasteiger partial charge in [0.1, 0.15) is 0 Å². The molecule has 0 fully saturated rings. The summed E-state index contributed by atoms with van der Waals surface area (Å²) >= 11 is 0. The van der Waals surface area contributed by atoms with Gasteiger partial charge < -0.3 is 24.5 Å². The molecular weight excluding hydrogens is 558 g/mol. The second-order valence-electron chi connectivity index (χ2n) is 9.02. The van der Waals surface area contributed by atoms with Crippen molar-refractivity contribution in [1.82, 2.24) is 14.9 Å². The highest BCUT2D eigenvalue weighted by Gasteiger charge is 2.44. The number of nitrogens with zero attached hydrogens (tertiary/aromatic N) is 2. The topological polar surface area (TPSA) is 120 Å². The minimum absolute atomic E-state index is 0.0519. The number of amides is 1. The van der Waals surface area contributed by atoms with Crippen LogP contribution in [0.5, 0.6) is 11.5 Å². The Bertz CT molecular complexity index is 1710. The first-order valence-electron chi connectivity index (χ1n) is 11.7. The van der Waals surface area contributed by atoms with E-state index >= 15 is 0 Å². The van der Waals surface area contributed by atoms with E-state index in [0.29, 0.717) is 5.56 Å². The van der Waals surface area contributed by atoms with Crippen LogP contribution in [0.3, 0.4) is 0 Å². The van der Waals surface area contributed by atoms with Crippen molar-refractivity contribution < 1.29 is 45.4 Å². The fourth-order valence-electron chi connectivity index (χ4n) is 4.37. The van der Waals surface area contributed by atoms with Crippen molar-refractivity contribution in [3.63, 3.8) is 0 Å². The van der Waals surface area contributed by atoms with Crippen molar-refractivity contribution in [3.8, 4) is 11.5 Å². The normalized spacial score (nSPS) is 15.0. The Morgan fingerprint density at radius 3 is 2.48 bits per heavy atom. The Balaban J connectivity index is 1.42. The third-order valence-corrected chi connectivity index (χ3v) is 7.40. The maximum absolute atomic E-state index is 13.9. The minimum Gasteiger partial charge on any atom is -0.395 e. The fourth-order valence-corrected chi connectivity index (χ4v) is 5.00. The number of halogens is 4. The number of benzene rings is 3. The lowest BCUT2D eigenvalue weighted by Crippen LogP contribution is -2.30. The highest BCUT2D eigenvalue weighted by Crippen LogP contribution is 2.44. The molecule has 1 atom stereocenters. The summed E-state index contributed by atoms with van der Waals surface area (Å²) in [5.41, 5.74) is 0.925. The number of rotatable bonds is 8. The molecule has 1 aromatic heterocycles. The molecule has 40 heavy (non-hydrogen) atoms. The van der Waals surface area contributed by atoms with Gasteiger partial charge in [-0.05, 0) is 42.0 Å². The van der Waals surface area contributed by atoms with Gasteiger partial charge in [0.05, 0.1) is 35.1 Å². The molecule has 14 heteroatoms. The molecule has 0 bridgehead atoms. The standard InChI is InChI=1S/C26H21F4N3O6S/c1-40(36,37)17-8-5-14(6-9-17)19(13-34)32-25(35)15-7-10-20-18(11-15)31-24(23(27)28)33(20)12-16-3-2-4-21-22(16)39-26(29,30)38-21/h2-11,19,23,34H,12-13H2,1H3,(H,32,35)/t19-/m1/s1. The van der Waals surface area contributed by atoms with E-state index in [2.05, 4.69) is 19.8 Å². The van der Waals surface area contributed by atoms with Gasteiger partial charge in [0.15, 0.2) is 27.2 Å². The summed E-state index contributed by atoms with van der Waals surface area (Å²) in [7, 11) is -3.43. The van der Waals surface area contributed by atoms with Gasteiger partial charge in [0, 0.05) is 17.4 Å². The van der Waals surface area contributed by atoms with Crippen molar-refractivity contribution in [2.24, 2.45) is 0 Å². The lowest BCUT2D eigenvalue weighted by atomic mass is 10.1. The van der Waals surface area contributed by atoms with Crippen LogP contribution in [0.4, 0.5) is 17.6 Å². The maximum Gasteiger partial charge on any atom is 0.586 e. The third kappa shape index (κ3) is 5.31. The Morgan fingerprint density at radius 2 is 1.82 bits per heavy atom. The summed E-state index contributed by atoms with van der Waals surface area (Å²) in [6.07, 6.45) is -5.85. The third-order valence-electron chi connectivity index (χ3n) is 6.27. The number of hydrogen-bond acceptors (Lipinski definition) is 7. The van der Waals surface area contributed by atoms with Crippen LogP contribution in [0.2, 0.25) is 0 Å². The number of fused-ring (bicyclic) bond motifs is 2. The van der Waals surface area contributed by atoms with E-state index < -0.39 is 46.9 Å². The first kappa shape index (κ1) is 27.4. The molecule has 9 nitrogen and oxygen atoms in total. The van der Waals surface area contributed by atoms with Crippen LogP contribution in [0.25, 0.3) is 11.0 Å². The van der Waals surface area contributed by atoms with Crippen molar-refractivity contribution >= 4 is 26.8 Å². The number of aromatic nitrogens is 2. The van der Waals surface area contributed by atoms with Gasteiger partial charge in [-0.1, -0.05) is 24.3 Å². The molecule has 0 spiro atoms. The molecule has 3 aromatic carbocycles. The average molecular weight is 580 g/mol. The minimum atomic E-state index is -3.88. The quantitative estimate of drug-likeness (QED) is 0.300. The Morgan fingerprint density at radius 1 is 1.10 bits per heavy atom. The van der Waals surface area contributed by atoms with Crippen molar-refractivity contribution in [2.75, 3.05) is 12.9 Å². The number of carbonyl (C=O) groups excluding carboxylic acids is 1. The van der Waals surface area contributed by atoms with E-state index in [-0.39, 0.29) is 45.1 Å². The van der Waals surface area contributed by atoms with E-state index in [9.17, 15) is 35.9 Å². The largest absolute Gasteiger partial charge is 0.586 e. The second-order valence-corrected chi connectivity index (χ2v) is 11.0. The number of para-hydroxylation sites is 1. The maximum atomic E-state index is 13.9. The predicted octanol–water partition coefficient (Wildman–Crippen LogP) is 4.21. The molecule has 5 rings (SSSR count). The summed E-state index contributed by atoms with van der Waals surface area (Å²) in [4.78, 5) is 17.0. The molecule has 0 unspecified atom stereocenters. The summed E-state index contributed by atoms with van der Waals surface area (Å²) in [6, 6.07) is 12.9. The van der Waals surface area contributed by atoms with E-state index in [0.717, 1.165) is 10.8 Å². The summed E-state index contributed by atoms with van der Waals surface area (Å²) in [5.74, 6) is -1.79. The molecule has 210 valence electrons. The second kappa shape index (κ2) is 10.1. The SMILES string of the molecule is CS(=O)(=O)c1ccc([C@@H](CO)NC(=O)c2ccc3c(c2)nc(C(F)F)n3Cc2cccc3c2OC(F)(F)O3)cc1. The van der Waals surface area contributed by atoms with Gasteiger partial charge in [-0.3, -0.25) is 4.79 Å². The van der Waals surface area contributed by atoms with Crippen LogP contribution in [0.1, 0.15) is 39.8 Å². The summed E-state index contributed by atoms with van der Waals surface area (Å²) in [6.45, 7) is -0.789. The Labute approximate surface area is 224 Å². The zero-order chi connectivity index (χ0) is 28.8. The van der Waals surface area contributed by atoms with Gasteiger partial charge in [-0.2, -0.15) is 0 Å². The Kier molecular flexibility index (Phi) is 6.92. The summed E-state index contributed by atoms with van der Waals surface area (Å²) in [5, 5.41) is 12.4. The van der Waals surface area contributed by atoms with Crippen molar-refractivity contribution in [3.05, 3.63) is 83.2 Å². The molecule has 2 N–H and O–H groups in total. The Hall–Kier alpha value is -4.17. The van der Waals surface area contributed by atoms with Crippen LogP contribution < -0.4 is 14.8 Å². The molecule has 4 aromatic rings. The molecule has 0 saturated carbocycles. The molecule has 1 aliphatic heterocycles. The number of alkyl halides is 4. The van der Waals surface area contributed by atoms with Gasteiger partial charge in [0.25, 0.3) is 12.3 Å². The van der Waals surface area contributed by atoms with Gasteiger partial charge in [-0.25, -0.2) is 22.2 Å². The number of ether oxygens (including phenoxy) is 2. The van der Waals surface area contributed by atoms with E-state index in [4.69, 9.17) is 0 Å². The number of imidazole rings is 1. The molecule has 2 heterocycles. The van der Waals surface area contributed by atoms with Gasteiger partial charge in [0.2, 0.25) is 0 Å². The predicted molar refractivity (Wildman–Crippen MR) is 133 cm³/mol. The number of hydrogen-bond donors (Lipinski definition) is 2. The van der Waals surface area contributed by atoms with E-state index in [1.54, 1.807) is 0 Å². The molecular formula is C26H21F4N3O6S. The van der Waals surface area contributed by atoms with Gasteiger partial charge in [-0.15, -0.1) is 8.78 Å². The van der Waals surface area contributed by atoms with Crippen LogP contribution in [-0.2, 0) is 16.4 Å². The molecule has 1 aliphatic rings. The number of aliphatic hydroxyl groups is 1. The molecule has 1 amide bonds. The van der Waals surface area contributed by atoms with Crippen molar-refractivity contribution in [1.29, 1.82) is 0 Å². The van der Waals surface area contributed by atoms with Gasteiger partial charge >= 0.3 is 6.29 Å². The number of carbonyl (C=O) groups is 1. The van der Waals surface area contributed by atoms with Crippen LogP contribution in [0.15, 0.2) is 65.6 Å². The zero-order valence-corrected chi connectivity index (χ0v) is 21.5. The van der Waals surface area contributed by atoms with E-state index in [1.807, 2.05) is 0 Å². The number of sulfone groups is 1. The van der Waals surface area contributed by atoms with Crippen LogP contribution >= 0.6 is 0 Å². The highest BCUT2D eigenvalue weighted by atomic mass is 32.2. The molecule has 0 aliphatic carbocycles. The lowest BCUT2D eigenvalue weighted by Gasteiger charge is -2.17. The zero-order valence-electron chi connectivity index (χ0n) is 20.6. The first-order valence-corrected chi connectivity index (χ1v) is 13.6. The van der Waals surface area contributed by atoms with E-state index in [1.165, 1.54) is 60.7 Å². The number of nitrogens with one attached hydrogen (secondary N) is 1. The van der Waals surface area contributed by atoms with Crippen LogP contribution in [-0.4, -0.2) is 48.1 Å². The lowest BCUT2D eigenvalue weighted by molar-refractivity contribution is -0.287.